The van der Waals surface area contributed by atoms with Gasteiger partial charge in [0.05, 0.1) is 10.5 Å². The fourth-order valence-corrected chi connectivity index (χ4v) is 4.11. The molecule has 0 radical (unpaired) electrons. The van der Waals surface area contributed by atoms with Crippen molar-refractivity contribution in [2.75, 3.05) is 45.2 Å². The predicted octanol–water partition coefficient (Wildman–Crippen LogP) is 3.74. The molecule has 1 N–H and O–H groups in total. The minimum atomic E-state index is -0.506. The molecule has 2 aromatic rings. The Morgan fingerprint density at radius 3 is 2.42 bits per heavy atom. The van der Waals surface area contributed by atoms with Crippen LogP contribution in [0, 0.1) is 16.0 Å². The Bertz CT molecular complexity index is 1010. The Labute approximate surface area is 194 Å². The number of rotatable bonds is 9. The lowest BCUT2D eigenvalue weighted by molar-refractivity contribution is -0.384. The number of benzene rings is 2. The SMILES string of the molecule is CC1CCN(CCCNC(=O)c2ccccc2C(=O)c2ccc(N(C)C)c([N+](=O)[O-])c2)CC1. The molecule has 176 valence electrons. The monoisotopic (exact) mass is 452 g/mol. The number of hydrogen-bond donors (Lipinski definition) is 1. The van der Waals surface area contributed by atoms with E-state index in [4.69, 9.17) is 0 Å². The zero-order valence-electron chi connectivity index (χ0n) is 19.5. The van der Waals surface area contributed by atoms with Crippen molar-refractivity contribution in [2.24, 2.45) is 5.92 Å². The summed E-state index contributed by atoms with van der Waals surface area (Å²) in [5.41, 5.74) is 0.929. The fourth-order valence-electron chi connectivity index (χ4n) is 4.11. The van der Waals surface area contributed by atoms with Gasteiger partial charge in [-0.15, -0.1) is 0 Å². The maximum Gasteiger partial charge on any atom is 0.293 e. The van der Waals surface area contributed by atoms with Crippen molar-refractivity contribution in [1.82, 2.24) is 10.2 Å². The molecule has 1 amide bonds. The molecule has 1 aliphatic rings. The topological polar surface area (TPSA) is 95.8 Å². The number of amides is 1. The molecule has 1 aliphatic heterocycles. The third-order valence-corrected chi connectivity index (χ3v) is 6.15. The molecular formula is C25H32N4O4. The van der Waals surface area contributed by atoms with E-state index in [0.717, 1.165) is 32.0 Å². The summed E-state index contributed by atoms with van der Waals surface area (Å²) in [6.07, 6.45) is 3.28. The van der Waals surface area contributed by atoms with E-state index < -0.39 is 10.7 Å². The molecule has 0 aliphatic carbocycles. The Morgan fingerprint density at radius 1 is 1.12 bits per heavy atom. The highest BCUT2D eigenvalue weighted by Gasteiger charge is 2.23. The van der Waals surface area contributed by atoms with Crippen molar-refractivity contribution >= 4 is 23.1 Å². The van der Waals surface area contributed by atoms with Gasteiger partial charge in [-0.3, -0.25) is 19.7 Å². The highest BCUT2D eigenvalue weighted by Crippen LogP contribution is 2.29. The van der Waals surface area contributed by atoms with Gasteiger partial charge in [0, 0.05) is 37.8 Å². The molecule has 0 saturated carbocycles. The molecule has 0 bridgehead atoms. The Balaban J connectivity index is 1.68. The minimum absolute atomic E-state index is 0.153. The third kappa shape index (κ3) is 6.16. The van der Waals surface area contributed by atoms with Gasteiger partial charge in [-0.2, -0.15) is 0 Å². The van der Waals surface area contributed by atoms with Crippen molar-refractivity contribution in [3.8, 4) is 0 Å². The molecule has 8 nitrogen and oxygen atoms in total. The number of anilines is 1. The number of likely N-dealkylation sites (tertiary alicyclic amines) is 1. The molecule has 2 aromatic carbocycles. The Kier molecular flexibility index (Phi) is 8.16. The van der Waals surface area contributed by atoms with E-state index in [1.165, 1.54) is 18.9 Å². The molecule has 0 atom stereocenters. The van der Waals surface area contributed by atoms with Crippen LogP contribution in [0.4, 0.5) is 11.4 Å². The average Bonchev–Trinajstić information content (AvgIpc) is 2.81. The lowest BCUT2D eigenvalue weighted by Crippen LogP contribution is -2.35. The Hall–Kier alpha value is -3.26. The van der Waals surface area contributed by atoms with Gasteiger partial charge in [0.1, 0.15) is 5.69 Å². The zero-order chi connectivity index (χ0) is 24.0. The van der Waals surface area contributed by atoms with Gasteiger partial charge in [-0.1, -0.05) is 25.1 Å². The van der Waals surface area contributed by atoms with Crippen LogP contribution in [0.25, 0.3) is 0 Å². The van der Waals surface area contributed by atoms with Crippen LogP contribution in [0.1, 0.15) is 52.5 Å². The molecule has 33 heavy (non-hydrogen) atoms. The maximum atomic E-state index is 13.2. The summed E-state index contributed by atoms with van der Waals surface area (Å²) in [6.45, 7) is 5.95. The van der Waals surface area contributed by atoms with Crippen LogP contribution >= 0.6 is 0 Å². The van der Waals surface area contributed by atoms with Gasteiger partial charge in [0.25, 0.3) is 11.6 Å². The number of ketones is 1. The lowest BCUT2D eigenvalue weighted by Gasteiger charge is -2.30. The van der Waals surface area contributed by atoms with Gasteiger partial charge in [-0.05, 0) is 63.0 Å². The van der Waals surface area contributed by atoms with Gasteiger partial charge in [0.2, 0.25) is 0 Å². The highest BCUT2D eigenvalue weighted by atomic mass is 16.6. The molecule has 1 heterocycles. The standard InChI is InChI=1S/C25H32N4O4/c1-18-11-15-28(16-12-18)14-6-13-26-25(31)21-8-5-4-7-20(21)24(30)19-9-10-22(27(2)3)23(17-19)29(32)33/h4-5,7-10,17-18H,6,11-16H2,1-3H3,(H,26,31). The number of nitrogens with zero attached hydrogens (tertiary/aromatic N) is 3. The molecule has 0 unspecified atom stereocenters. The van der Waals surface area contributed by atoms with Crippen molar-refractivity contribution in [1.29, 1.82) is 0 Å². The Morgan fingerprint density at radius 2 is 1.79 bits per heavy atom. The van der Waals surface area contributed by atoms with E-state index >= 15 is 0 Å². The van der Waals surface area contributed by atoms with Crippen LogP contribution in [-0.4, -0.2) is 61.8 Å². The van der Waals surface area contributed by atoms with Crippen LogP contribution < -0.4 is 10.2 Å². The van der Waals surface area contributed by atoms with E-state index in [1.807, 2.05) is 0 Å². The molecule has 0 spiro atoms. The second kappa shape index (κ2) is 11.0. The van der Waals surface area contributed by atoms with E-state index in [0.29, 0.717) is 12.2 Å². The van der Waals surface area contributed by atoms with E-state index in [-0.39, 0.29) is 28.3 Å². The number of nitrogens with one attached hydrogen (secondary N) is 1. The second-order valence-electron chi connectivity index (χ2n) is 8.86. The molecule has 1 fully saturated rings. The summed E-state index contributed by atoms with van der Waals surface area (Å²) in [4.78, 5) is 41.0. The zero-order valence-corrected chi connectivity index (χ0v) is 19.5. The van der Waals surface area contributed by atoms with Crippen LogP contribution in [0.3, 0.4) is 0 Å². The van der Waals surface area contributed by atoms with Gasteiger partial charge in [-0.25, -0.2) is 0 Å². The first-order valence-electron chi connectivity index (χ1n) is 11.4. The smallest absolute Gasteiger partial charge is 0.293 e. The molecule has 3 rings (SSSR count). The second-order valence-corrected chi connectivity index (χ2v) is 8.86. The van der Waals surface area contributed by atoms with Crippen molar-refractivity contribution in [3.63, 3.8) is 0 Å². The number of nitro groups is 1. The van der Waals surface area contributed by atoms with Gasteiger partial charge in [0.15, 0.2) is 5.78 Å². The van der Waals surface area contributed by atoms with E-state index in [1.54, 1.807) is 55.4 Å². The average molecular weight is 453 g/mol. The number of hydrogen-bond acceptors (Lipinski definition) is 6. The largest absolute Gasteiger partial charge is 0.372 e. The predicted molar refractivity (Wildman–Crippen MR) is 129 cm³/mol. The quantitative estimate of drug-likeness (QED) is 0.269. The van der Waals surface area contributed by atoms with E-state index in [9.17, 15) is 19.7 Å². The number of carbonyl (C=O) groups excluding carboxylic acids is 2. The normalized spacial score (nSPS) is 14.6. The first-order valence-corrected chi connectivity index (χ1v) is 11.4. The van der Waals surface area contributed by atoms with Crippen molar-refractivity contribution in [3.05, 3.63) is 69.3 Å². The van der Waals surface area contributed by atoms with Gasteiger partial charge < -0.3 is 15.1 Å². The lowest BCUT2D eigenvalue weighted by atomic mass is 9.97. The summed E-state index contributed by atoms with van der Waals surface area (Å²) in [7, 11) is 3.41. The summed E-state index contributed by atoms with van der Waals surface area (Å²) in [5, 5.41) is 14.4. The van der Waals surface area contributed by atoms with Crippen molar-refractivity contribution in [2.45, 2.75) is 26.2 Å². The van der Waals surface area contributed by atoms with Crippen LogP contribution in [0.2, 0.25) is 0 Å². The summed E-state index contributed by atoms with van der Waals surface area (Å²) >= 11 is 0. The number of nitro benzene ring substituents is 1. The highest BCUT2D eigenvalue weighted by molar-refractivity contribution is 6.15. The number of carbonyl (C=O) groups is 2. The molecule has 1 saturated heterocycles. The van der Waals surface area contributed by atoms with Crippen molar-refractivity contribution < 1.29 is 14.5 Å². The third-order valence-electron chi connectivity index (χ3n) is 6.15. The summed E-state index contributed by atoms with van der Waals surface area (Å²) in [6, 6.07) is 11.0. The maximum absolute atomic E-state index is 13.2. The first kappa shape index (κ1) is 24.4. The van der Waals surface area contributed by atoms with Gasteiger partial charge >= 0.3 is 0 Å². The molecule has 8 heteroatoms. The summed E-state index contributed by atoms with van der Waals surface area (Å²) < 4.78 is 0. The molecule has 0 aromatic heterocycles. The minimum Gasteiger partial charge on any atom is -0.372 e. The number of piperidine rings is 1. The van der Waals surface area contributed by atoms with Crippen LogP contribution in [0.5, 0.6) is 0 Å². The van der Waals surface area contributed by atoms with Crippen LogP contribution in [-0.2, 0) is 0 Å². The summed E-state index contributed by atoms with van der Waals surface area (Å²) in [5.74, 6) is 0.0535. The first-order chi connectivity index (χ1) is 15.8. The van der Waals surface area contributed by atoms with Crippen LogP contribution in [0.15, 0.2) is 42.5 Å². The van der Waals surface area contributed by atoms with E-state index in [2.05, 4.69) is 17.1 Å². The fraction of sp³-hybridized carbons (Fsp3) is 0.440. The molecular weight excluding hydrogens is 420 g/mol.